The van der Waals surface area contributed by atoms with Crippen molar-refractivity contribution in [2.75, 3.05) is 26.3 Å². The van der Waals surface area contributed by atoms with Crippen molar-refractivity contribution in [3.05, 3.63) is 17.8 Å². The Morgan fingerprint density at radius 3 is 2.94 bits per heavy atom. The van der Waals surface area contributed by atoms with Crippen LogP contribution < -0.4 is 5.32 Å². The van der Waals surface area contributed by atoms with Gasteiger partial charge in [-0.05, 0) is 19.9 Å². The molecule has 1 aromatic heterocycles. The van der Waals surface area contributed by atoms with Crippen LogP contribution in [0.3, 0.4) is 0 Å². The van der Waals surface area contributed by atoms with Crippen LogP contribution in [0.15, 0.2) is 10.6 Å². The molecule has 92 valence electrons. The molecule has 0 aromatic carbocycles. The van der Waals surface area contributed by atoms with Gasteiger partial charge in [-0.15, -0.1) is 0 Å². The first kappa shape index (κ1) is 13.2. The topological polar surface area (TPSA) is 47.3 Å². The summed E-state index contributed by atoms with van der Waals surface area (Å²) in [6, 6.07) is 0. The molecule has 1 rings (SSSR count). The Hall–Kier alpha value is -0.870. The normalized spacial score (nSPS) is 10.9. The average molecular weight is 226 g/mol. The Morgan fingerprint density at radius 2 is 2.19 bits per heavy atom. The minimum absolute atomic E-state index is 0.708. The van der Waals surface area contributed by atoms with Crippen LogP contribution in [0.5, 0.6) is 0 Å². The predicted octanol–water partition coefficient (Wildman–Crippen LogP) is 1.80. The van der Waals surface area contributed by atoms with Gasteiger partial charge < -0.3 is 14.5 Å². The van der Waals surface area contributed by atoms with Crippen molar-refractivity contribution < 1.29 is 9.15 Å². The van der Waals surface area contributed by atoms with Gasteiger partial charge in [-0.25, -0.2) is 4.98 Å². The maximum absolute atomic E-state index is 5.58. The minimum atomic E-state index is 0.708. The Bertz CT molecular complexity index is 274. The van der Waals surface area contributed by atoms with Gasteiger partial charge in [0, 0.05) is 26.0 Å². The molecule has 0 radical (unpaired) electrons. The van der Waals surface area contributed by atoms with E-state index < -0.39 is 0 Å². The van der Waals surface area contributed by atoms with Crippen molar-refractivity contribution in [2.24, 2.45) is 0 Å². The van der Waals surface area contributed by atoms with E-state index >= 15 is 0 Å². The molecule has 0 aliphatic heterocycles. The van der Waals surface area contributed by atoms with Gasteiger partial charge in [0.1, 0.15) is 5.76 Å². The molecule has 1 N–H and O–H groups in total. The molecule has 16 heavy (non-hydrogen) atoms. The maximum Gasteiger partial charge on any atom is 0.195 e. The van der Waals surface area contributed by atoms with Crippen LogP contribution in [0.1, 0.15) is 31.9 Å². The molecular formula is C12H22N2O2. The zero-order valence-electron chi connectivity index (χ0n) is 10.3. The van der Waals surface area contributed by atoms with Gasteiger partial charge in [-0.1, -0.05) is 6.92 Å². The highest BCUT2D eigenvalue weighted by molar-refractivity contribution is 4.94. The van der Waals surface area contributed by atoms with Gasteiger partial charge in [0.15, 0.2) is 5.89 Å². The maximum atomic E-state index is 5.58. The van der Waals surface area contributed by atoms with Gasteiger partial charge >= 0.3 is 0 Å². The van der Waals surface area contributed by atoms with E-state index in [4.69, 9.17) is 9.15 Å². The lowest BCUT2D eigenvalue weighted by Gasteiger charge is -1.99. The molecule has 0 bridgehead atoms. The summed E-state index contributed by atoms with van der Waals surface area (Å²) in [5.74, 6) is 1.73. The lowest BCUT2D eigenvalue weighted by atomic mass is 10.4. The van der Waals surface area contributed by atoms with Gasteiger partial charge in [0.05, 0.1) is 12.8 Å². The van der Waals surface area contributed by atoms with E-state index in [1.54, 1.807) is 6.20 Å². The molecule has 0 aliphatic rings. The third kappa shape index (κ3) is 5.28. The van der Waals surface area contributed by atoms with Crippen LogP contribution in [0.2, 0.25) is 0 Å². The Kier molecular flexibility index (Phi) is 6.85. The Balaban J connectivity index is 2.17. The monoisotopic (exact) mass is 226 g/mol. The second-order valence-corrected chi connectivity index (χ2v) is 3.67. The fourth-order valence-corrected chi connectivity index (χ4v) is 1.39. The highest BCUT2D eigenvalue weighted by atomic mass is 16.5. The summed E-state index contributed by atoms with van der Waals surface area (Å²) >= 11 is 0. The second-order valence-electron chi connectivity index (χ2n) is 3.67. The van der Waals surface area contributed by atoms with Crippen LogP contribution >= 0.6 is 0 Å². The molecule has 0 aliphatic carbocycles. The molecule has 0 fully saturated rings. The minimum Gasteiger partial charge on any atom is -0.446 e. The quantitative estimate of drug-likeness (QED) is 0.652. The standard InChI is InChI=1S/C12H22N2O2/c1-3-7-13-8-5-12-14-10-11(16-12)6-9-15-4-2/h10,13H,3-9H2,1-2H3. The van der Waals surface area contributed by atoms with E-state index in [9.17, 15) is 0 Å². The molecule has 0 spiro atoms. The largest absolute Gasteiger partial charge is 0.446 e. The molecule has 0 saturated heterocycles. The summed E-state index contributed by atoms with van der Waals surface area (Å²) in [6.07, 6.45) is 4.62. The van der Waals surface area contributed by atoms with E-state index in [0.717, 1.165) is 50.6 Å². The van der Waals surface area contributed by atoms with Gasteiger partial charge in [-0.2, -0.15) is 0 Å². The van der Waals surface area contributed by atoms with Crippen LogP contribution in [0.4, 0.5) is 0 Å². The Morgan fingerprint density at radius 1 is 1.31 bits per heavy atom. The van der Waals surface area contributed by atoms with E-state index in [1.165, 1.54) is 0 Å². The van der Waals surface area contributed by atoms with Crippen molar-refractivity contribution in [3.8, 4) is 0 Å². The third-order valence-corrected chi connectivity index (χ3v) is 2.24. The van der Waals surface area contributed by atoms with Crippen LogP contribution in [-0.2, 0) is 17.6 Å². The lowest BCUT2D eigenvalue weighted by molar-refractivity contribution is 0.146. The first-order valence-corrected chi connectivity index (χ1v) is 6.08. The van der Waals surface area contributed by atoms with E-state index in [1.807, 2.05) is 6.92 Å². The number of ether oxygens (including phenoxy) is 1. The molecule has 1 heterocycles. The summed E-state index contributed by atoms with van der Waals surface area (Å²) < 4.78 is 10.8. The van der Waals surface area contributed by atoms with Crippen LogP contribution in [0.25, 0.3) is 0 Å². The van der Waals surface area contributed by atoms with E-state index in [0.29, 0.717) is 6.61 Å². The summed E-state index contributed by atoms with van der Waals surface area (Å²) in [4.78, 5) is 4.23. The summed E-state index contributed by atoms with van der Waals surface area (Å²) in [6.45, 7) is 7.59. The molecule has 0 amide bonds. The molecule has 4 nitrogen and oxygen atoms in total. The zero-order valence-corrected chi connectivity index (χ0v) is 10.3. The SMILES string of the molecule is CCCNCCc1ncc(CCOCC)o1. The van der Waals surface area contributed by atoms with Crippen molar-refractivity contribution in [1.29, 1.82) is 0 Å². The summed E-state index contributed by atoms with van der Waals surface area (Å²) in [7, 11) is 0. The van der Waals surface area contributed by atoms with Gasteiger partial charge in [0.25, 0.3) is 0 Å². The van der Waals surface area contributed by atoms with E-state index in [-0.39, 0.29) is 0 Å². The summed E-state index contributed by atoms with van der Waals surface area (Å²) in [5, 5.41) is 3.32. The van der Waals surface area contributed by atoms with Gasteiger partial charge in [0.2, 0.25) is 0 Å². The number of nitrogens with zero attached hydrogens (tertiary/aromatic N) is 1. The van der Waals surface area contributed by atoms with Crippen LogP contribution in [0, 0.1) is 0 Å². The van der Waals surface area contributed by atoms with Crippen LogP contribution in [-0.4, -0.2) is 31.3 Å². The molecule has 1 aromatic rings. The highest BCUT2D eigenvalue weighted by Crippen LogP contribution is 2.05. The number of nitrogens with one attached hydrogen (secondary N) is 1. The molecular weight excluding hydrogens is 204 g/mol. The van der Waals surface area contributed by atoms with Crippen molar-refractivity contribution >= 4 is 0 Å². The average Bonchev–Trinajstić information content (AvgIpc) is 2.73. The zero-order chi connectivity index (χ0) is 11.6. The third-order valence-electron chi connectivity index (χ3n) is 2.24. The fourth-order valence-electron chi connectivity index (χ4n) is 1.39. The van der Waals surface area contributed by atoms with Crippen molar-refractivity contribution in [2.45, 2.75) is 33.1 Å². The van der Waals surface area contributed by atoms with E-state index in [2.05, 4.69) is 17.2 Å². The second kappa shape index (κ2) is 8.30. The number of rotatable bonds is 9. The fraction of sp³-hybridized carbons (Fsp3) is 0.750. The lowest BCUT2D eigenvalue weighted by Crippen LogP contribution is -2.17. The molecule has 0 atom stereocenters. The first-order chi connectivity index (χ1) is 7.86. The highest BCUT2D eigenvalue weighted by Gasteiger charge is 2.03. The molecule has 0 saturated carbocycles. The number of aromatic nitrogens is 1. The molecule has 0 unspecified atom stereocenters. The smallest absolute Gasteiger partial charge is 0.195 e. The Labute approximate surface area is 97.4 Å². The van der Waals surface area contributed by atoms with Crippen molar-refractivity contribution in [3.63, 3.8) is 0 Å². The molecule has 4 heteroatoms. The predicted molar refractivity (Wildman–Crippen MR) is 63.6 cm³/mol. The van der Waals surface area contributed by atoms with Gasteiger partial charge in [-0.3, -0.25) is 0 Å². The number of hydrogen-bond acceptors (Lipinski definition) is 4. The van der Waals surface area contributed by atoms with Crippen molar-refractivity contribution in [1.82, 2.24) is 10.3 Å². The number of oxazole rings is 1. The first-order valence-electron chi connectivity index (χ1n) is 6.08. The number of hydrogen-bond donors (Lipinski definition) is 1. The summed E-state index contributed by atoms with van der Waals surface area (Å²) in [5.41, 5.74) is 0.